The Labute approximate surface area is 153 Å². The van der Waals surface area contributed by atoms with Gasteiger partial charge in [-0.3, -0.25) is 4.79 Å². The first-order chi connectivity index (χ1) is 12.5. The van der Waals surface area contributed by atoms with Crippen LogP contribution in [0.2, 0.25) is 0 Å². The number of carbonyl (C=O) groups excluding carboxylic acids is 1. The molecule has 1 fully saturated rings. The Balaban J connectivity index is 1.58. The minimum Gasteiger partial charge on any atom is -0.367 e. The molecule has 2 aromatic rings. The van der Waals surface area contributed by atoms with Crippen molar-refractivity contribution in [1.82, 2.24) is 25.3 Å². The summed E-state index contributed by atoms with van der Waals surface area (Å²) in [5.74, 6) is 1.02. The molecule has 26 heavy (non-hydrogen) atoms. The molecule has 0 saturated carbocycles. The molecule has 8 nitrogen and oxygen atoms in total. The van der Waals surface area contributed by atoms with E-state index in [9.17, 15) is 4.79 Å². The fourth-order valence-corrected chi connectivity index (χ4v) is 2.78. The van der Waals surface area contributed by atoms with Crippen molar-refractivity contribution in [2.45, 2.75) is 38.3 Å². The van der Waals surface area contributed by atoms with Crippen molar-refractivity contribution in [1.29, 1.82) is 0 Å². The van der Waals surface area contributed by atoms with Crippen LogP contribution in [0.3, 0.4) is 0 Å². The quantitative estimate of drug-likeness (QED) is 0.871. The molecule has 1 N–H and O–H groups in total. The van der Waals surface area contributed by atoms with Gasteiger partial charge in [0.25, 0.3) is 5.91 Å². The number of amides is 1. The highest BCUT2D eigenvalue weighted by Gasteiger charge is 2.32. The summed E-state index contributed by atoms with van der Waals surface area (Å²) in [4.78, 5) is 31.1. The minimum atomic E-state index is -0.411. The third-order valence-electron chi connectivity index (χ3n) is 4.40. The van der Waals surface area contributed by atoms with Crippen molar-refractivity contribution in [2.75, 3.05) is 25.6 Å². The first kappa shape index (κ1) is 18.2. The molecular formula is C18H24N6O2. The van der Waals surface area contributed by atoms with Crippen LogP contribution in [0.4, 0.5) is 5.95 Å². The van der Waals surface area contributed by atoms with E-state index in [0.717, 1.165) is 31.4 Å². The van der Waals surface area contributed by atoms with Gasteiger partial charge in [0.05, 0.1) is 5.56 Å². The highest BCUT2D eigenvalue weighted by Crippen LogP contribution is 2.32. The number of nitrogens with one attached hydrogen (secondary N) is 1. The maximum absolute atomic E-state index is 12.2. The SMILES string of the molecule is CN(C)c1ncc(C(=O)NCc2cnc(C3(C)CCCCO3)nc2)cn1. The van der Waals surface area contributed by atoms with E-state index < -0.39 is 5.60 Å². The lowest BCUT2D eigenvalue weighted by Crippen LogP contribution is -2.32. The normalized spacial score (nSPS) is 19.8. The lowest BCUT2D eigenvalue weighted by molar-refractivity contribution is -0.0760. The average Bonchev–Trinajstić information content (AvgIpc) is 2.67. The highest BCUT2D eigenvalue weighted by atomic mass is 16.5. The van der Waals surface area contributed by atoms with Crippen molar-refractivity contribution in [2.24, 2.45) is 0 Å². The lowest BCUT2D eigenvalue weighted by Gasteiger charge is -2.32. The number of aromatic nitrogens is 4. The van der Waals surface area contributed by atoms with Crippen LogP contribution in [0, 0.1) is 0 Å². The first-order valence-corrected chi connectivity index (χ1v) is 8.71. The van der Waals surface area contributed by atoms with Crippen LogP contribution in [-0.4, -0.2) is 46.5 Å². The van der Waals surface area contributed by atoms with Gasteiger partial charge in [0, 0.05) is 57.6 Å². The van der Waals surface area contributed by atoms with E-state index in [-0.39, 0.29) is 5.91 Å². The zero-order valence-electron chi connectivity index (χ0n) is 15.4. The van der Waals surface area contributed by atoms with Gasteiger partial charge in [-0.1, -0.05) is 0 Å². The van der Waals surface area contributed by atoms with E-state index in [2.05, 4.69) is 25.3 Å². The summed E-state index contributed by atoms with van der Waals surface area (Å²) in [7, 11) is 3.69. The van der Waals surface area contributed by atoms with Crippen LogP contribution >= 0.6 is 0 Å². The van der Waals surface area contributed by atoms with E-state index in [1.165, 1.54) is 12.4 Å². The lowest BCUT2D eigenvalue weighted by atomic mass is 9.95. The van der Waals surface area contributed by atoms with Gasteiger partial charge in [-0.2, -0.15) is 0 Å². The van der Waals surface area contributed by atoms with Crippen molar-refractivity contribution < 1.29 is 9.53 Å². The number of hydrogen-bond acceptors (Lipinski definition) is 7. The molecule has 138 valence electrons. The van der Waals surface area contributed by atoms with Gasteiger partial charge in [-0.25, -0.2) is 19.9 Å². The third-order valence-corrected chi connectivity index (χ3v) is 4.40. The smallest absolute Gasteiger partial charge is 0.254 e. The van der Waals surface area contributed by atoms with Crippen LogP contribution in [-0.2, 0) is 16.9 Å². The fourth-order valence-electron chi connectivity index (χ4n) is 2.78. The maximum atomic E-state index is 12.2. The topological polar surface area (TPSA) is 93.1 Å². The molecular weight excluding hydrogens is 332 g/mol. The van der Waals surface area contributed by atoms with Gasteiger partial charge in [0.2, 0.25) is 5.95 Å². The molecule has 1 atom stereocenters. The second-order valence-electron chi connectivity index (χ2n) is 6.80. The highest BCUT2D eigenvalue weighted by molar-refractivity contribution is 5.93. The van der Waals surface area contributed by atoms with E-state index in [4.69, 9.17) is 4.74 Å². The molecule has 8 heteroatoms. The molecule has 3 rings (SSSR count). The summed E-state index contributed by atoms with van der Waals surface area (Å²) in [6.07, 6.45) is 9.61. The summed E-state index contributed by atoms with van der Waals surface area (Å²) < 4.78 is 5.86. The molecule has 1 aliphatic heterocycles. The van der Waals surface area contributed by atoms with E-state index >= 15 is 0 Å². The Morgan fingerprint density at radius 2 is 1.85 bits per heavy atom. The minimum absolute atomic E-state index is 0.234. The maximum Gasteiger partial charge on any atom is 0.254 e. The Kier molecular flexibility index (Phi) is 5.41. The van der Waals surface area contributed by atoms with E-state index in [0.29, 0.717) is 23.9 Å². The largest absolute Gasteiger partial charge is 0.367 e. The van der Waals surface area contributed by atoms with Crippen LogP contribution in [0.5, 0.6) is 0 Å². The molecule has 1 unspecified atom stereocenters. The zero-order valence-corrected chi connectivity index (χ0v) is 15.4. The van der Waals surface area contributed by atoms with Crippen LogP contribution in [0.25, 0.3) is 0 Å². The fraction of sp³-hybridized carbons (Fsp3) is 0.500. The van der Waals surface area contributed by atoms with Crippen molar-refractivity contribution in [3.63, 3.8) is 0 Å². The molecule has 1 amide bonds. The summed E-state index contributed by atoms with van der Waals surface area (Å²) in [6.45, 7) is 3.11. The Bertz CT molecular complexity index is 739. The van der Waals surface area contributed by atoms with E-state index in [1.807, 2.05) is 21.0 Å². The van der Waals surface area contributed by atoms with Crippen LogP contribution in [0.15, 0.2) is 24.8 Å². The van der Waals surface area contributed by atoms with Crippen LogP contribution in [0.1, 0.15) is 47.9 Å². The van der Waals surface area contributed by atoms with Gasteiger partial charge in [0.1, 0.15) is 5.60 Å². The number of carbonyl (C=O) groups is 1. The van der Waals surface area contributed by atoms with Crippen molar-refractivity contribution >= 4 is 11.9 Å². The molecule has 0 spiro atoms. The zero-order chi connectivity index (χ0) is 18.6. The number of hydrogen-bond donors (Lipinski definition) is 1. The number of anilines is 1. The molecule has 3 heterocycles. The standard InChI is InChI=1S/C18H24N6O2/c1-18(6-4-5-7-26-18)16-20-9-13(10-21-16)8-19-15(25)14-11-22-17(23-12-14)24(2)3/h9-12H,4-8H2,1-3H3,(H,19,25). The number of ether oxygens (including phenoxy) is 1. The Morgan fingerprint density at radius 3 is 2.42 bits per heavy atom. The number of rotatable bonds is 5. The third kappa shape index (κ3) is 4.13. The molecule has 2 aromatic heterocycles. The first-order valence-electron chi connectivity index (χ1n) is 8.71. The molecule has 0 aliphatic carbocycles. The van der Waals surface area contributed by atoms with Gasteiger partial charge in [-0.15, -0.1) is 0 Å². The Morgan fingerprint density at radius 1 is 1.15 bits per heavy atom. The van der Waals surface area contributed by atoms with Gasteiger partial charge >= 0.3 is 0 Å². The average molecular weight is 356 g/mol. The summed E-state index contributed by atoms with van der Waals surface area (Å²) in [5, 5.41) is 2.83. The van der Waals surface area contributed by atoms with E-state index in [1.54, 1.807) is 17.3 Å². The number of nitrogens with zero attached hydrogens (tertiary/aromatic N) is 5. The Hall–Kier alpha value is -2.61. The van der Waals surface area contributed by atoms with Gasteiger partial charge in [-0.05, 0) is 26.2 Å². The second-order valence-corrected chi connectivity index (χ2v) is 6.80. The van der Waals surface area contributed by atoms with Crippen molar-refractivity contribution in [3.8, 4) is 0 Å². The molecule has 1 aliphatic rings. The summed E-state index contributed by atoms with van der Waals surface area (Å²) in [6, 6.07) is 0. The molecule has 0 bridgehead atoms. The van der Waals surface area contributed by atoms with Crippen molar-refractivity contribution in [3.05, 3.63) is 41.7 Å². The van der Waals surface area contributed by atoms with Gasteiger partial charge < -0.3 is 15.0 Å². The summed E-state index contributed by atoms with van der Waals surface area (Å²) >= 11 is 0. The monoisotopic (exact) mass is 356 g/mol. The molecule has 1 saturated heterocycles. The van der Waals surface area contributed by atoms with Gasteiger partial charge in [0.15, 0.2) is 5.82 Å². The molecule has 0 radical (unpaired) electrons. The predicted octanol–water partition coefficient (Wildman–Crippen LogP) is 1.68. The molecule has 0 aromatic carbocycles. The van der Waals surface area contributed by atoms with Crippen LogP contribution < -0.4 is 10.2 Å². The summed E-state index contributed by atoms with van der Waals surface area (Å²) in [5.41, 5.74) is 0.828. The predicted molar refractivity (Wildman–Crippen MR) is 96.7 cm³/mol. The second kappa shape index (κ2) is 7.74.